The van der Waals surface area contributed by atoms with Crippen molar-refractivity contribution in [2.75, 3.05) is 19.6 Å². The molecule has 2 aromatic heterocycles. The molecule has 2 aromatic rings. The standard InChI is InChI=1S/C16H21N3O2/c1-2-18-7-5-12(6-8-18)9-14-11-19-10-13(16(20)21)3-4-15(19)17-14/h3-4,10-12H,2,5-9H2,1H3,(H,20,21). The second-order valence-corrected chi connectivity index (χ2v) is 5.80. The Balaban J connectivity index is 1.71. The van der Waals surface area contributed by atoms with Gasteiger partial charge in [-0.1, -0.05) is 6.92 Å². The van der Waals surface area contributed by atoms with E-state index in [2.05, 4.69) is 16.8 Å². The van der Waals surface area contributed by atoms with Crippen molar-refractivity contribution >= 4 is 11.6 Å². The first-order valence-electron chi connectivity index (χ1n) is 7.59. The highest BCUT2D eigenvalue weighted by molar-refractivity contribution is 5.87. The fourth-order valence-corrected chi connectivity index (χ4v) is 3.07. The molecule has 1 N–H and O–H groups in total. The quantitative estimate of drug-likeness (QED) is 0.937. The summed E-state index contributed by atoms with van der Waals surface area (Å²) in [4.78, 5) is 18.1. The van der Waals surface area contributed by atoms with Crippen molar-refractivity contribution in [3.8, 4) is 0 Å². The van der Waals surface area contributed by atoms with Crippen LogP contribution < -0.4 is 0 Å². The van der Waals surface area contributed by atoms with Gasteiger partial charge in [0.1, 0.15) is 5.65 Å². The van der Waals surface area contributed by atoms with Gasteiger partial charge in [-0.05, 0) is 56.9 Å². The number of likely N-dealkylation sites (tertiary alicyclic amines) is 1. The number of fused-ring (bicyclic) bond motifs is 1. The summed E-state index contributed by atoms with van der Waals surface area (Å²) < 4.78 is 1.82. The van der Waals surface area contributed by atoms with E-state index >= 15 is 0 Å². The van der Waals surface area contributed by atoms with Gasteiger partial charge in [0.05, 0.1) is 11.3 Å². The van der Waals surface area contributed by atoms with E-state index in [9.17, 15) is 4.79 Å². The molecule has 0 aromatic carbocycles. The summed E-state index contributed by atoms with van der Waals surface area (Å²) in [5, 5.41) is 9.02. The van der Waals surface area contributed by atoms with Crippen LogP contribution in [-0.2, 0) is 6.42 Å². The number of hydrogen-bond acceptors (Lipinski definition) is 3. The summed E-state index contributed by atoms with van der Waals surface area (Å²) in [7, 11) is 0. The molecular formula is C16H21N3O2. The van der Waals surface area contributed by atoms with Gasteiger partial charge < -0.3 is 14.4 Å². The van der Waals surface area contributed by atoms with E-state index in [4.69, 9.17) is 5.11 Å². The molecule has 1 fully saturated rings. The Morgan fingerprint density at radius 2 is 2.10 bits per heavy atom. The average Bonchev–Trinajstić information content (AvgIpc) is 2.89. The predicted octanol–water partition coefficient (Wildman–Crippen LogP) is 2.31. The molecule has 0 bridgehead atoms. The van der Waals surface area contributed by atoms with Crippen LogP contribution in [-0.4, -0.2) is 45.0 Å². The smallest absolute Gasteiger partial charge is 0.337 e. The monoisotopic (exact) mass is 287 g/mol. The molecule has 0 aliphatic carbocycles. The number of carboxylic acid groups (broad SMARTS) is 1. The lowest BCUT2D eigenvalue weighted by molar-refractivity contribution is 0.0696. The first-order chi connectivity index (χ1) is 10.2. The molecule has 1 aliphatic rings. The molecule has 0 atom stereocenters. The summed E-state index contributed by atoms with van der Waals surface area (Å²) in [5.41, 5.74) is 2.18. The van der Waals surface area contributed by atoms with Crippen molar-refractivity contribution in [2.24, 2.45) is 5.92 Å². The average molecular weight is 287 g/mol. The lowest BCUT2D eigenvalue weighted by Crippen LogP contribution is -2.34. The highest BCUT2D eigenvalue weighted by atomic mass is 16.4. The second kappa shape index (κ2) is 5.85. The van der Waals surface area contributed by atoms with Crippen molar-refractivity contribution < 1.29 is 9.90 Å². The molecule has 1 aliphatic heterocycles. The zero-order chi connectivity index (χ0) is 14.8. The number of pyridine rings is 1. The lowest BCUT2D eigenvalue weighted by Gasteiger charge is -2.30. The zero-order valence-corrected chi connectivity index (χ0v) is 12.3. The molecule has 0 unspecified atom stereocenters. The van der Waals surface area contributed by atoms with Crippen molar-refractivity contribution in [2.45, 2.75) is 26.2 Å². The van der Waals surface area contributed by atoms with Gasteiger partial charge in [-0.2, -0.15) is 0 Å². The summed E-state index contributed by atoms with van der Waals surface area (Å²) in [6.07, 6.45) is 7.04. The first-order valence-corrected chi connectivity index (χ1v) is 7.59. The molecule has 5 nitrogen and oxygen atoms in total. The summed E-state index contributed by atoms with van der Waals surface area (Å²) in [6.45, 7) is 5.71. The van der Waals surface area contributed by atoms with Crippen LogP contribution in [0.1, 0.15) is 35.8 Å². The van der Waals surface area contributed by atoms with E-state index in [1.165, 1.54) is 25.9 Å². The predicted molar refractivity (Wildman–Crippen MR) is 80.7 cm³/mol. The molecule has 1 saturated heterocycles. The van der Waals surface area contributed by atoms with Crippen LogP contribution in [0.4, 0.5) is 0 Å². The van der Waals surface area contributed by atoms with Crippen LogP contribution in [0, 0.1) is 5.92 Å². The number of imidazole rings is 1. The molecule has 112 valence electrons. The van der Waals surface area contributed by atoms with Crippen LogP contribution in [0.15, 0.2) is 24.5 Å². The van der Waals surface area contributed by atoms with Gasteiger partial charge in [0.25, 0.3) is 0 Å². The largest absolute Gasteiger partial charge is 0.478 e. The Kier molecular flexibility index (Phi) is 3.92. The Bertz CT molecular complexity index is 642. The zero-order valence-electron chi connectivity index (χ0n) is 12.3. The van der Waals surface area contributed by atoms with E-state index in [1.807, 2.05) is 10.6 Å². The number of piperidine rings is 1. The Hall–Kier alpha value is -1.88. The van der Waals surface area contributed by atoms with Gasteiger partial charge >= 0.3 is 5.97 Å². The van der Waals surface area contributed by atoms with Gasteiger partial charge in [-0.3, -0.25) is 0 Å². The number of aromatic carboxylic acids is 1. The third-order valence-corrected chi connectivity index (χ3v) is 4.40. The van der Waals surface area contributed by atoms with Crippen molar-refractivity contribution in [3.63, 3.8) is 0 Å². The SMILES string of the molecule is CCN1CCC(Cc2cn3cc(C(=O)O)ccc3n2)CC1. The van der Waals surface area contributed by atoms with Crippen LogP contribution in [0.25, 0.3) is 5.65 Å². The van der Waals surface area contributed by atoms with Crippen LogP contribution >= 0.6 is 0 Å². The number of hydrogen-bond donors (Lipinski definition) is 1. The molecule has 0 radical (unpaired) electrons. The fourth-order valence-electron chi connectivity index (χ4n) is 3.07. The minimum Gasteiger partial charge on any atom is -0.478 e. The van der Waals surface area contributed by atoms with E-state index in [-0.39, 0.29) is 0 Å². The van der Waals surface area contributed by atoms with Crippen LogP contribution in [0.3, 0.4) is 0 Å². The minimum atomic E-state index is -0.904. The Morgan fingerprint density at radius 1 is 1.33 bits per heavy atom. The first kappa shape index (κ1) is 14.1. The van der Waals surface area contributed by atoms with E-state index in [0.29, 0.717) is 11.5 Å². The van der Waals surface area contributed by atoms with E-state index in [0.717, 1.165) is 24.3 Å². The molecule has 0 spiro atoms. The molecule has 21 heavy (non-hydrogen) atoms. The van der Waals surface area contributed by atoms with Crippen molar-refractivity contribution in [3.05, 3.63) is 35.8 Å². The summed E-state index contributed by atoms with van der Waals surface area (Å²) >= 11 is 0. The highest BCUT2D eigenvalue weighted by Gasteiger charge is 2.19. The third-order valence-electron chi connectivity index (χ3n) is 4.40. The highest BCUT2D eigenvalue weighted by Crippen LogP contribution is 2.21. The minimum absolute atomic E-state index is 0.294. The van der Waals surface area contributed by atoms with Crippen molar-refractivity contribution in [1.29, 1.82) is 0 Å². The van der Waals surface area contributed by atoms with Gasteiger partial charge in [-0.25, -0.2) is 9.78 Å². The number of carbonyl (C=O) groups is 1. The third kappa shape index (κ3) is 3.08. The normalized spacial score (nSPS) is 17.4. The maximum Gasteiger partial charge on any atom is 0.337 e. The molecule has 0 saturated carbocycles. The maximum atomic E-state index is 11.0. The summed E-state index contributed by atoms with van der Waals surface area (Å²) in [5.74, 6) is -0.212. The molecule has 3 heterocycles. The molecule has 0 amide bonds. The summed E-state index contributed by atoms with van der Waals surface area (Å²) in [6, 6.07) is 3.38. The van der Waals surface area contributed by atoms with Gasteiger partial charge in [0, 0.05) is 12.4 Å². The van der Waals surface area contributed by atoms with E-state index in [1.54, 1.807) is 18.3 Å². The Labute approximate surface area is 124 Å². The van der Waals surface area contributed by atoms with Gasteiger partial charge in [-0.15, -0.1) is 0 Å². The van der Waals surface area contributed by atoms with Gasteiger partial charge in [0.2, 0.25) is 0 Å². The van der Waals surface area contributed by atoms with Crippen molar-refractivity contribution in [1.82, 2.24) is 14.3 Å². The topological polar surface area (TPSA) is 57.8 Å². The van der Waals surface area contributed by atoms with Crippen LogP contribution in [0.2, 0.25) is 0 Å². The number of carboxylic acids is 1. The van der Waals surface area contributed by atoms with Crippen LogP contribution in [0.5, 0.6) is 0 Å². The molecule has 5 heteroatoms. The fraction of sp³-hybridized carbons (Fsp3) is 0.500. The number of nitrogens with zero attached hydrogens (tertiary/aromatic N) is 3. The van der Waals surface area contributed by atoms with Gasteiger partial charge in [0.15, 0.2) is 0 Å². The maximum absolute atomic E-state index is 11.0. The Morgan fingerprint density at radius 3 is 2.76 bits per heavy atom. The number of aromatic nitrogens is 2. The lowest BCUT2D eigenvalue weighted by atomic mass is 9.92. The molecular weight excluding hydrogens is 266 g/mol. The van der Waals surface area contributed by atoms with E-state index < -0.39 is 5.97 Å². The second-order valence-electron chi connectivity index (χ2n) is 5.80. The molecule has 3 rings (SSSR count). The number of rotatable bonds is 4.